The maximum atomic E-state index is 12.3. The lowest BCUT2D eigenvalue weighted by molar-refractivity contribution is -0.139. The Morgan fingerprint density at radius 3 is 2.76 bits per heavy atom. The summed E-state index contributed by atoms with van der Waals surface area (Å²) in [4.78, 5) is 25.7. The zero-order chi connectivity index (χ0) is 17.7. The highest BCUT2D eigenvalue weighted by molar-refractivity contribution is 7.98. The lowest BCUT2D eigenvalue weighted by Gasteiger charge is -2.48. The quantitative estimate of drug-likeness (QED) is 0.574. The summed E-state index contributed by atoms with van der Waals surface area (Å²) >= 11 is 1.57. The van der Waals surface area contributed by atoms with Gasteiger partial charge < -0.3 is 4.90 Å². The Balaban J connectivity index is 1.62. The monoisotopic (exact) mass is 362 g/mol. The minimum absolute atomic E-state index is 0.292. The first-order chi connectivity index (χ1) is 12.1. The number of rotatable bonds is 6. The fourth-order valence-corrected chi connectivity index (χ4v) is 4.54. The molecule has 0 aromatic carbocycles. The number of carbonyl (C=O) groups excluding carboxylic acids is 1. The number of unbranched alkanes of at least 4 members (excludes halogenated alkanes) is 1. The molecule has 0 unspecified atom stereocenters. The largest absolute Gasteiger partial charge is 0.342 e. The number of likely N-dealkylation sites (tertiary alicyclic amines) is 2. The number of piperidine rings is 2. The van der Waals surface area contributed by atoms with Crippen LogP contribution in [0.1, 0.15) is 51.0 Å². The van der Waals surface area contributed by atoms with Crippen LogP contribution in [0.15, 0.2) is 17.6 Å². The van der Waals surface area contributed by atoms with Crippen LogP contribution in [0.4, 0.5) is 0 Å². The molecule has 138 valence electrons. The fourth-order valence-electron chi connectivity index (χ4n) is 4.22. The maximum Gasteiger partial charge on any atom is 0.222 e. The van der Waals surface area contributed by atoms with Crippen molar-refractivity contribution in [3.05, 3.63) is 18.0 Å². The molecule has 1 amide bonds. The summed E-state index contributed by atoms with van der Waals surface area (Å²) in [5, 5.41) is 0.830. The lowest BCUT2D eigenvalue weighted by atomic mass is 9.73. The molecular weight excluding hydrogens is 332 g/mol. The first-order valence-corrected chi connectivity index (χ1v) is 10.7. The van der Waals surface area contributed by atoms with Gasteiger partial charge in [0, 0.05) is 56.0 Å². The molecule has 0 aliphatic carbocycles. The molecule has 0 bridgehead atoms. The van der Waals surface area contributed by atoms with Gasteiger partial charge in [0.1, 0.15) is 0 Å². The van der Waals surface area contributed by atoms with Crippen LogP contribution >= 0.6 is 11.8 Å². The van der Waals surface area contributed by atoms with E-state index in [4.69, 9.17) is 0 Å². The molecular formula is C19H30N4OS. The Kier molecular flexibility index (Phi) is 6.34. The predicted octanol–water partition coefficient (Wildman–Crippen LogP) is 3.20. The molecule has 6 heteroatoms. The molecule has 25 heavy (non-hydrogen) atoms. The summed E-state index contributed by atoms with van der Waals surface area (Å²) in [6.07, 6.45) is 12.4. The van der Waals surface area contributed by atoms with Crippen LogP contribution < -0.4 is 0 Å². The van der Waals surface area contributed by atoms with Crippen molar-refractivity contribution < 1.29 is 4.79 Å². The average molecular weight is 363 g/mol. The Hall–Kier alpha value is -1.14. The van der Waals surface area contributed by atoms with Gasteiger partial charge >= 0.3 is 0 Å². The van der Waals surface area contributed by atoms with Gasteiger partial charge in [-0.3, -0.25) is 9.69 Å². The molecule has 2 aliphatic rings. The molecule has 1 spiro atoms. The lowest BCUT2D eigenvalue weighted by Crippen LogP contribution is -2.53. The highest BCUT2D eigenvalue weighted by atomic mass is 32.2. The second-order valence-corrected chi connectivity index (χ2v) is 8.33. The molecule has 0 saturated carbocycles. The van der Waals surface area contributed by atoms with Crippen molar-refractivity contribution in [2.24, 2.45) is 5.41 Å². The highest BCUT2D eigenvalue weighted by Crippen LogP contribution is 2.39. The van der Waals surface area contributed by atoms with Gasteiger partial charge in [-0.15, -0.1) is 0 Å². The second kappa shape index (κ2) is 8.49. The van der Waals surface area contributed by atoms with Crippen molar-refractivity contribution in [3.8, 4) is 0 Å². The molecule has 2 fully saturated rings. The number of carbonyl (C=O) groups is 1. The summed E-state index contributed by atoms with van der Waals surface area (Å²) in [5.41, 5.74) is 1.48. The minimum Gasteiger partial charge on any atom is -0.342 e. The van der Waals surface area contributed by atoms with E-state index in [0.717, 1.165) is 63.6 Å². The normalized spacial score (nSPS) is 24.9. The van der Waals surface area contributed by atoms with E-state index in [1.165, 1.54) is 18.4 Å². The topological polar surface area (TPSA) is 49.3 Å². The summed E-state index contributed by atoms with van der Waals surface area (Å²) < 4.78 is 0. The summed E-state index contributed by atoms with van der Waals surface area (Å²) in [5.74, 6) is 0.359. The number of nitrogens with zero attached hydrogens (tertiary/aromatic N) is 4. The third kappa shape index (κ3) is 4.73. The van der Waals surface area contributed by atoms with Crippen molar-refractivity contribution >= 4 is 17.7 Å². The van der Waals surface area contributed by atoms with E-state index >= 15 is 0 Å². The first kappa shape index (κ1) is 18.6. The van der Waals surface area contributed by atoms with Crippen molar-refractivity contribution in [1.82, 2.24) is 19.8 Å². The predicted molar refractivity (Wildman–Crippen MR) is 101 cm³/mol. The van der Waals surface area contributed by atoms with E-state index in [0.29, 0.717) is 11.3 Å². The molecule has 0 radical (unpaired) electrons. The van der Waals surface area contributed by atoms with Crippen LogP contribution in [-0.2, 0) is 11.3 Å². The van der Waals surface area contributed by atoms with Crippen molar-refractivity contribution in [1.29, 1.82) is 0 Å². The van der Waals surface area contributed by atoms with E-state index in [9.17, 15) is 4.79 Å². The zero-order valence-electron chi connectivity index (χ0n) is 15.5. The molecule has 3 heterocycles. The molecule has 2 saturated heterocycles. The Bertz CT molecular complexity index is 579. The highest BCUT2D eigenvalue weighted by Gasteiger charge is 2.41. The second-order valence-electron chi connectivity index (χ2n) is 7.56. The van der Waals surface area contributed by atoms with E-state index in [-0.39, 0.29) is 0 Å². The van der Waals surface area contributed by atoms with Crippen LogP contribution in [0, 0.1) is 5.41 Å². The molecule has 1 atom stereocenters. The summed E-state index contributed by atoms with van der Waals surface area (Å²) in [6.45, 7) is 7.21. The molecule has 5 nitrogen and oxygen atoms in total. The fraction of sp³-hybridized carbons (Fsp3) is 0.737. The average Bonchev–Trinajstić information content (AvgIpc) is 2.64. The number of hydrogen-bond donors (Lipinski definition) is 0. The van der Waals surface area contributed by atoms with Crippen LogP contribution in [0.25, 0.3) is 0 Å². The summed E-state index contributed by atoms with van der Waals surface area (Å²) in [6, 6.07) is 0. The van der Waals surface area contributed by atoms with Crippen LogP contribution in [-0.4, -0.2) is 58.1 Å². The Labute approximate surface area is 155 Å². The van der Waals surface area contributed by atoms with Crippen molar-refractivity contribution in [3.63, 3.8) is 0 Å². The number of aromatic nitrogens is 2. The van der Waals surface area contributed by atoms with Crippen molar-refractivity contribution in [2.45, 2.75) is 57.1 Å². The van der Waals surface area contributed by atoms with E-state index < -0.39 is 0 Å². The van der Waals surface area contributed by atoms with Crippen LogP contribution in [0.5, 0.6) is 0 Å². The van der Waals surface area contributed by atoms with E-state index in [2.05, 4.69) is 26.7 Å². The smallest absolute Gasteiger partial charge is 0.222 e. The number of hydrogen-bond acceptors (Lipinski definition) is 5. The van der Waals surface area contributed by atoms with Gasteiger partial charge in [0.05, 0.1) is 0 Å². The van der Waals surface area contributed by atoms with Crippen LogP contribution in [0.3, 0.4) is 0 Å². The molecule has 3 rings (SSSR count). The standard InChI is InChI=1S/C19H30N4OS/c1-3-4-10-23-15-19(8-6-17(23)24)7-5-9-22(14-19)13-16-11-20-18(25-2)21-12-16/h11-12H,3-10,13-15H2,1-2H3/t19-/m1/s1. The van der Waals surface area contributed by atoms with Crippen molar-refractivity contribution in [2.75, 3.05) is 32.4 Å². The first-order valence-electron chi connectivity index (χ1n) is 9.49. The van der Waals surface area contributed by atoms with Crippen LogP contribution in [0.2, 0.25) is 0 Å². The maximum absolute atomic E-state index is 12.3. The molecule has 1 aromatic heterocycles. The van der Waals surface area contributed by atoms with Gasteiger partial charge in [-0.1, -0.05) is 25.1 Å². The SMILES string of the molecule is CCCCN1C[C@]2(CCCN(Cc3cnc(SC)nc3)C2)CCC1=O. The third-order valence-electron chi connectivity index (χ3n) is 5.54. The molecule has 1 aromatic rings. The van der Waals surface area contributed by atoms with Gasteiger partial charge in [-0.05, 0) is 38.5 Å². The Morgan fingerprint density at radius 2 is 2.04 bits per heavy atom. The minimum atomic E-state index is 0.292. The Morgan fingerprint density at radius 1 is 1.24 bits per heavy atom. The van der Waals surface area contributed by atoms with Gasteiger partial charge in [0.2, 0.25) is 5.91 Å². The van der Waals surface area contributed by atoms with E-state index in [1.54, 1.807) is 11.8 Å². The van der Waals surface area contributed by atoms with Gasteiger partial charge in [0.25, 0.3) is 0 Å². The van der Waals surface area contributed by atoms with Gasteiger partial charge in [0.15, 0.2) is 5.16 Å². The van der Waals surface area contributed by atoms with E-state index in [1.807, 2.05) is 18.6 Å². The zero-order valence-corrected chi connectivity index (χ0v) is 16.4. The summed E-state index contributed by atoms with van der Waals surface area (Å²) in [7, 11) is 0. The number of amides is 1. The van der Waals surface area contributed by atoms with Gasteiger partial charge in [-0.25, -0.2) is 9.97 Å². The van der Waals surface area contributed by atoms with Gasteiger partial charge in [-0.2, -0.15) is 0 Å². The molecule has 0 N–H and O–H groups in total. The number of thioether (sulfide) groups is 1. The molecule has 2 aliphatic heterocycles. The third-order valence-corrected chi connectivity index (χ3v) is 6.12.